The van der Waals surface area contributed by atoms with Crippen LogP contribution in [0, 0.1) is 11.7 Å². The summed E-state index contributed by atoms with van der Waals surface area (Å²) in [5.41, 5.74) is -0.856. The number of benzene rings is 1. The maximum atomic E-state index is 14.7. The van der Waals surface area contributed by atoms with Gasteiger partial charge in [-0.1, -0.05) is 6.07 Å². The van der Waals surface area contributed by atoms with E-state index in [9.17, 15) is 22.4 Å². The molecule has 33 heavy (non-hydrogen) atoms. The lowest BCUT2D eigenvalue weighted by molar-refractivity contribution is -0.141. The van der Waals surface area contributed by atoms with Crippen LogP contribution in [0.1, 0.15) is 28.9 Å². The van der Waals surface area contributed by atoms with Gasteiger partial charge in [-0.05, 0) is 37.0 Å². The van der Waals surface area contributed by atoms with Gasteiger partial charge in [0.15, 0.2) is 11.5 Å². The van der Waals surface area contributed by atoms with Crippen molar-refractivity contribution >= 4 is 11.7 Å². The second kappa shape index (κ2) is 8.05. The van der Waals surface area contributed by atoms with Gasteiger partial charge in [-0.15, -0.1) is 0 Å². The van der Waals surface area contributed by atoms with Crippen LogP contribution >= 0.6 is 0 Å². The van der Waals surface area contributed by atoms with Gasteiger partial charge < -0.3 is 10.2 Å². The quantitative estimate of drug-likeness (QED) is 0.599. The molecule has 0 radical (unpaired) electrons. The van der Waals surface area contributed by atoms with Crippen LogP contribution in [0.15, 0.2) is 49.1 Å². The number of piperidine rings is 1. The number of rotatable bonds is 4. The molecule has 0 spiro atoms. The number of hydrogen-bond acceptors (Lipinski definition) is 6. The molecular weight excluding hydrogens is 440 g/mol. The van der Waals surface area contributed by atoms with Crippen molar-refractivity contribution in [3.05, 3.63) is 66.1 Å². The van der Waals surface area contributed by atoms with Crippen LogP contribution in [0.2, 0.25) is 0 Å². The van der Waals surface area contributed by atoms with Crippen LogP contribution < -0.4 is 5.32 Å². The lowest BCUT2D eigenvalue weighted by Gasteiger charge is -2.34. The molecule has 3 atom stereocenters. The van der Waals surface area contributed by atoms with Crippen molar-refractivity contribution in [2.45, 2.75) is 31.1 Å². The molecule has 3 unspecified atom stereocenters. The average molecular weight is 458 g/mol. The maximum Gasteiger partial charge on any atom is 0.434 e. The van der Waals surface area contributed by atoms with Crippen molar-refractivity contribution in [1.82, 2.24) is 24.8 Å². The second-order valence-corrected chi connectivity index (χ2v) is 8.13. The van der Waals surface area contributed by atoms with Crippen molar-refractivity contribution in [3.8, 4) is 11.4 Å². The third-order valence-corrected chi connectivity index (χ3v) is 6.05. The monoisotopic (exact) mass is 458 g/mol. The van der Waals surface area contributed by atoms with Gasteiger partial charge in [-0.3, -0.25) is 4.79 Å². The molecule has 2 fully saturated rings. The Morgan fingerprint density at radius 2 is 1.82 bits per heavy atom. The zero-order valence-electron chi connectivity index (χ0n) is 17.1. The van der Waals surface area contributed by atoms with Gasteiger partial charge in [-0.2, -0.15) is 13.2 Å². The van der Waals surface area contributed by atoms with E-state index >= 15 is 0 Å². The Labute approximate surface area is 185 Å². The minimum atomic E-state index is -4.56. The molecule has 5 rings (SSSR count). The maximum absolute atomic E-state index is 14.7. The molecule has 1 aromatic carbocycles. The van der Waals surface area contributed by atoms with E-state index in [1.807, 2.05) is 0 Å². The fourth-order valence-electron chi connectivity index (χ4n) is 4.67. The number of aromatic nitrogens is 4. The van der Waals surface area contributed by atoms with E-state index in [-0.39, 0.29) is 46.7 Å². The molecule has 11 heteroatoms. The number of nitrogens with one attached hydrogen (secondary N) is 1. The topological polar surface area (TPSA) is 83.9 Å². The first-order valence-corrected chi connectivity index (χ1v) is 10.3. The van der Waals surface area contributed by atoms with E-state index < -0.39 is 17.7 Å². The highest BCUT2D eigenvalue weighted by atomic mass is 19.4. The largest absolute Gasteiger partial charge is 0.434 e. The van der Waals surface area contributed by atoms with Crippen LogP contribution in [0.4, 0.5) is 23.4 Å². The van der Waals surface area contributed by atoms with E-state index in [0.717, 1.165) is 19.0 Å². The van der Waals surface area contributed by atoms with Gasteiger partial charge in [0.1, 0.15) is 11.6 Å². The zero-order chi connectivity index (χ0) is 23.2. The van der Waals surface area contributed by atoms with Crippen LogP contribution in [0.25, 0.3) is 11.4 Å². The van der Waals surface area contributed by atoms with E-state index in [0.29, 0.717) is 12.7 Å². The molecule has 170 valence electrons. The number of amides is 1. The van der Waals surface area contributed by atoms with Crippen LogP contribution in [-0.4, -0.2) is 49.4 Å². The van der Waals surface area contributed by atoms with Crippen LogP contribution in [-0.2, 0) is 6.18 Å². The third-order valence-electron chi connectivity index (χ3n) is 6.05. The fourth-order valence-corrected chi connectivity index (χ4v) is 4.67. The molecule has 3 heterocycles. The summed E-state index contributed by atoms with van der Waals surface area (Å²) >= 11 is 0. The number of carbonyl (C=O) groups excluding carboxylic acids is 1. The minimum absolute atomic E-state index is 0.0454. The molecule has 1 aliphatic heterocycles. The number of carbonyl (C=O) groups is 1. The first-order chi connectivity index (χ1) is 15.8. The minimum Gasteiger partial charge on any atom is -0.364 e. The van der Waals surface area contributed by atoms with Crippen molar-refractivity contribution in [2.24, 2.45) is 5.92 Å². The number of anilines is 1. The predicted octanol–water partition coefficient (Wildman–Crippen LogP) is 3.81. The Bertz CT molecular complexity index is 1170. The first kappa shape index (κ1) is 21.2. The molecule has 1 saturated carbocycles. The summed E-state index contributed by atoms with van der Waals surface area (Å²) in [7, 11) is 0. The molecule has 1 saturated heterocycles. The molecule has 1 amide bonds. The molecule has 2 bridgehead atoms. The van der Waals surface area contributed by atoms with Gasteiger partial charge in [0, 0.05) is 25.0 Å². The van der Waals surface area contributed by atoms with Gasteiger partial charge in [0.2, 0.25) is 0 Å². The number of halogens is 4. The highest BCUT2D eigenvalue weighted by molar-refractivity contribution is 6.00. The molecule has 2 aliphatic rings. The van der Waals surface area contributed by atoms with Crippen molar-refractivity contribution in [3.63, 3.8) is 0 Å². The highest BCUT2D eigenvalue weighted by Gasteiger charge is 2.47. The van der Waals surface area contributed by atoms with E-state index in [4.69, 9.17) is 0 Å². The normalized spacial score (nSPS) is 21.9. The van der Waals surface area contributed by atoms with E-state index in [1.54, 1.807) is 17.0 Å². The molecule has 3 aromatic rings. The zero-order valence-corrected chi connectivity index (χ0v) is 17.1. The highest BCUT2D eigenvalue weighted by Crippen LogP contribution is 2.40. The van der Waals surface area contributed by atoms with Gasteiger partial charge >= 0.3 is 6.18 Å². The van der Waals surface area contributed by atoms with Crippen molar-refractivity contribution in [2.75, 3.05) is 11.9 Å². The van der Waals surface area contributed by atoms with Crippen LogP contribution in [0.3, 0.4) is 0 Å². The smallest absolute Gasteiger partial charge is 0.364 e. The summed E-state index contributed by atoms with van der Waals surface area (Å²) in [6, 6.07) is 5.46. The van der Waals surface area contributed by atoms with E-state index in [1.165, 1.54) is 24.5 Å². The summed E-state index contributed by atoms with van der Waals surface area (Å²) in [6.07, 6.45) is 1.60. The summed E-state index contributed by atoms with van der Waals surface area (Å²) in [4.78, 5) is 30.6. The average Bonchev–Trinajstić information content (AvgIpc) is 3.39. The summed E-state index contributed by atoms with van der Waals surface area (Å²) in [6.45, 7) is 0.520. The van der Waals surface area contributed by atoms with Gasteiger partial charge in [-0.25, -0.2) is 24.3 Å². The summed E-state index contributed by atoms with van der Waals surface area (Å²) in [5.74, 6) is -0.375. The van der Waals surface area contributed by atoms with Crippen molar-refractivity contribution in [1.29, 1.82) is 0 Å². The molecule has 1 aliphatic carbocycles. The fraction of sp³-hybridized carbons (Fsp3) is 0.318. The first-order valence-electron chi connectivity index (χ1n) is 10.3. The second-order valence-electron chi connectivity index (χ2n) is 8.13. The predicted molar refractivity (Wildman–Crippen MR) is 109 cm³/mol. The third kappa shape index (κ3) is 3.98. The number of fused-ring (bicyclic) bond motifs is 2. The van der Waals surface area contributed by atoms with Gasteiger partial charge in [0.05, 0.1) is 29.6 Å². The molecule has 1 N–H and O–H groups in total. The van der Waals surface area contributed by atoms with Crippen LogP contribution in [0.5, 0.6) is 0 Å². The molecule has 2 aromatic heterocycles. The number of alkyl halides is 3. The summed E-state index contributed by atoms with van der Waals surface area (Å²) in [5, 5.41) is 3.11. The standard InChI is InChI=1S/C22H18F4N6O/c23-14-4-1-3-13(19(14)20-27-5-2-6-28-20)21(33)32-11-12-7-15(16(32)8-12)31-18-10-29-17(9-30-18)22(24,25)26/h1-6,9-10,12,15-16H,7-8,11H2,(H,30,31). The summed E-state index contributed by atoms with van der Waals surface area (Å²) < 4.78 is 52.9. The Kier molecular flexibility index (Phi) is 5.18. The lowest BCUT2D eigenvalue weighted by Crippen LogP contribution is -2.48. The number of hydrogen-bond donors (Lipinski definition) is 1. The lowest BCUT2D eigenvalue weighted by atomic mass is 10.0. The van der Waals surface area contributed by atoms with E-state index in [2.05, 4.69) is 25.3 Å². The number of nitrogens with zero attached hydrogens (tertiary/aromatic N) is 5. The number of likely N-dealkylation sites (tertiary alicyclic amines) is 1. The molecular formula is C22H18F4N6O. The van der Waals surface area contributed by atoms with Gasteiger partial charge in [0.25, 0.3) is 5.91 Å². The Morgan fingerprint density at radius 1 is 1.03 bits per heavy atom. The SMILES string of the molecule is O=C(c1cccc(F)c1-c1ncccn1)N1CC2CC(Nc3cnc(C(F)(F)F)cn3)C1C2. The Hall–Kier alpha value is -3.63. The Morgan fingerprint density at radius 3 is 2.48 bits per heavy atom. The van der Waals surface area contributed by atoms with Crippen molar-refractivity contribution < 1.29 is 22.4 Å². The Balaban J connectivity index is 1.38. The molecule has 7 nitrogen and oxygen atoms in total.